The first-order chi connectivity index (χ1) is 8.67. The Morgan fingerprint density at radius 3 is 2.94 bits per heavy atom. The van der Waals surface area contributed by atoms with E-state index in [1.807, 2.05) is 24.3 Å². The van der Waals surface area contributed by atoms with E-state index in [0.29, 0.717) is 6.54 Å². The van der Waals surface area contributed by atoms with Gasteiger partial charge in [-0.3, -0.25) is 4.31 Å². The summed E-state index contributed by atoms with van der Waals surface area (Å²) in [6.45, 7) is 1.53. The number of hydrogen-bond acceptors (Lipinski definition) is 3. The predicted octanol–water partition coefficient (Wildman–Crippen LogP) is 1.13. The highest BCUT2D eigenvalue weighted by molar-refractivity contribution is 7.92. The average molecular weight is 266 g/mol. The Hall–Kier alpha value is -1.07. The Morgan fingerprint density at radius 2 is 2.17 bits per heavy atom. The summed E-state index contributed by atoms with van der Waals surface area (Å²) >= 11 is 0. The van der Waals surface area contributed by atoms with Crippen molar-refractivity contribution in [1.29, 1.82) is 0 Å². The maximum absolute atomic E-state index is 12.4. The van der Waals surface area contributed by atoms with Gasteiger partial charge >= 0.3 is 0 Å². The molecule has 0 amide bonds. The quantitative estimate of drug-likeness (QED) is 0.892. The fraction of sp³-hybridized carbons (Fsp3) is 0.538. The van der Waals surface area contributed by atoms with E-state index in [2.05, 4.69) is 5.32 Å². The van der Waals surface area contributed by atoms with Crippen LogP contribution in [0.5, 0.6) is 0 Å². The molecule has 5 heteroatoms. The topological polar surface area (TPSA) is 49.4 Å². The zero-order valence-corrected chi connectivity index (χ0v) is 11.1. The lowest BCUT2D eigenvalue weighted by Gasteiger charge is -2.21. The summed E-state index contributed by atoms with van der Waals surface area (Å²) < 4.78 is 26.5. The number of nitrogens with one attached hydrogen (secondary N) is 1. The van der Waals surface area contributed by atoms with Crippen molar-refractivity contribution in [1.82, 2.24) is 5.32 Å². The number of para-hydroxylation sites is 1. The summed E-state index contributed by atoms with van der Waals surface area (Å²) in [5.74, 6) is 0.224. The molecule has 1 fully saturated rings. The molecule has 0 aliphatic carbocycles. The predicted molar refractivity (Wildman–Crippen MR) is 72.3 cm³/mol. The third-order valence-corrected chi connectivity index (χ3v) is 5.63. The molecule has 0 spiro atoms. The second-order valence-corrected chi connectivity index (χ2v) is 6.96. The molecule has 0 bridgehead atoms. The Bertz CT molecular complexity index is 536. The largest absolute Gasteiger partial charge is 0.313 e. The maximum Gasteiger partial charge on any atom is 0.236 e. The van der Waals surface area contributed by atoms with Crippen LogP contribution in [0.15, 0.2) is 24.3 Å². The summed E-state index contributed by atoms with van der Waals surface area (Å²) in [5.41, 5.74) is 2.01. The van der Waals surface area contributed by atoms with Crippen LogP contribution in [0.1, 0.15) is 18.4 Å². The van der Waals surface area contributed by atoms with Crippen molar-refractivity contribution in [2.75, 3.05) is 23.1 Å². The molecule has 0 aromatic heterocycles. The first kappa shape index (κ1) is 12.0. The standard InChI is InChI=1S/C13H18N2O2S/c16-18(17,10-12-5-3-8-14-12)15-9-7-11-4-1-2-6-13(11)15/h1-2,4,6,12,14H,3,5,7-10H2. The van der Waals surface area contributed by atoms with E-state index < -0.39 is 10.0 Å². The Labute approximate surface area is 108 Å². The lowest BCUT2D eigenvalue weighted by molar-refractivity contribution is 0.573. The summed E-state index contributed by atoms with van der Waals surface area (Å²) in [7, 11) is -3.19. The van der Waals surface area contributed by atoms with Crippen molar-refractivity contribution in [2.45, 2.75) is 25.3 Å². The van der Waals surface area contributed by atoms with Gasteiger partial charge in [0.15, 0.2) is 0 Å². The maximum atomic E-state index is 12.4. The molecule has 98 valence electrons. The van der Waals surface area contributed by atoms with E-state index in [0.717, 1.165) is 37.1 Å². The van der Waals surface area contributed by atoms with Gasteiger partial charge in [-0.2, -0.15) is 0 Å². The monoisotopic (exact) mass is 266 g/mol. The second kappa shape index (κ2) is 4.55. The van der Waals surface area contributed by atoms with Crippen LogP contribution >= 0.6 is 0 Å². The van der Waals surface area contributed by atoms with Gasteiger partial charge in [-0.05, 0) is 37.4 Å². The van der Waals surface area contributed by atoms with E-state index in [4.69, 9.17) is 0 Å². The highest BCUT2D eigenvalue weighted by Gasteiger charge is 2.31. The summed E-state index contributed by atoms with van der Waals surface area (Å²) in [6, 6.07) is 7.91. The molecule has 1 saturated heterocycles. The molecule has 2 aliphatic rings. The number of rotatable bonds is 3. The van der Waals surface area contributed by atoms with Crippen molar-refractivity contribution in [3.05, 3.63) is 29.8 Å². The van der Waals surface area contributed by atoms with Crippen LogP contribution < -0.4 is 9.62 Å². The highest BCUT2D eigenvalue weighted by atomic mass is 32.2. The van der Waals surface area contributed by atoms with E-state index in [1.165, 1.54) is 0 Å². The van der Waals surface area contributed by atoms with Gasteiger partial charge in [-0.25, -0.2) is 8.42 Å². The first-order valence-corrected chi connectivity index (χ1v) is 8.09. The van der Waals surface area contributed by atoms with Gasteiger partial charge in [0.05, 0.1) is 11.4 Å². The number of hydrogen-bond donors (Lipinski definition) is 1. The lowest BCUT2D eigenvalue weighted by atomic mass is 10.2. The molecule has 1 unspecified atom stereocenters. The summed E-state index contributed by atoms with van der Waals surface area (Å²) in [4.78, 5) is 0. The van der Waals surface area contributed by atoms with Gasteiger partial charge in [0.25, 0.3) is 0 Å². The van der Waals surface area contributed by atoms with Crippen LogP contribution in [0.3, 0.4) is 0 Å². The SMILES string of the molecule is O=S(=O)(CC1CCCN1)N1CCc2ccccc21. The van der Waals surface area contributed by atoms with Gasteiger partial charge in [-0.15, -0.1) is 0 Å². The third-order valence-electron chi connectivity index (χ3n) is 3.75. The van der Waals surface area contributed by atoms with Gasteiger partial charge in [-0.1, -0.05) is 18.2 Å². The molecule has 4 nitrogen and oxygen atoms in total. The van der Waals surface area contributed by atoms with E-state index in [9.17, 15) is 8.42 Å². The Kier molecular flexibility index (Phi) is 3.03. The first-order valence-electron chi connectivity index (χ1n) is 6.48. The van der Waals surface area contributed by atoms with Crippen LogP contribution in [0.4, 0.5) is 5.69 Å². The van der Waals surface area contributed by atoms with Crippen LogP contribution in [-0.4, -0.2) is 33.3 Å². The second-order valence-electron chi connectivity index (χ2n) is 5.02. The number of sulfonamides is 1. The molecule has 1 N–H and O–H groups in total. The molecule has 0 radical (unpaired) electrons. The van der Waals surface area contributed by atoms with Crippen molar-refractivity contribution in [2.24, 2.45) is 0 Å². The molecule has 1 aromatic carbocycles. The smallest absolute Gasteiger partial charge is 0.236 e. The minimum Gasteiger partial charge on any atom is -0.313 e. The van der Waals surface area contributed by atoms with E-state index >= 15 is 0 Å². The molecule has 0 saturated carbocycles. The molecule has 3 rings (SSSR count). The molecule has 2 aliphatic heterocycles. The van der Waals surface area contributed by atoms with Crippen LogP contribution in [0.2, 0.25) is 0 Å². The molecule has 1 aromatic rings. The number of benzene rings is 1. The summed E-state index contributed by atoms with van der Waals surface area (Å²) in [5, 5.41) is 3.25. The van der Waals surface area contributed by atoms with Gasteiger partial charge in [0, 0.05) is 12.6 Å². The summed E-state index contributed by atoms with van der Waals surface area (Å²) in [6.07, 6.45) is 2.87. The van der Waals surface area contributed by atoms with E-state index in [-0.39, 0.29) is 11.8 Å². The van der Waals surface area contributed by atoms with Crippen molar-refractivity contribution >= 4 is 15.7 Å². The minimum absolute atomic E-state index is 0.128. The van der Waals surface area contributed by atoms with Crippen molar-refractivity contribution in [3.8, 4) is 0 Å². The molecule has 18 heavy (non-hydrogen) atoms. The van der Waals surface area contributed by atoms with Crippen LogP contribution in [-0.2, 0) is 16.4 Å². The average Bonchev–Trinajstić information content (AvgIpc) is 2.96. The Morgan fingerprint density at radius 1 is 1.33 bits per heavy atom. The molecular formula is C13H18N2O2S. The van der Waals surface area contributed by atoms with E-state index in [1.54, 1.807) is 4.31 Å². The highest BCUT2D eigenvalue weighted by Crippen LogP contribution is 2.30. The van der Waals surface area contributed by atoms with Gasteiger partial charge in [0.1, 0.15) is 0 Å². The van der Waals surface area contributed by atoms with Gasteiger partial charge in [0.2, 0.25) is 10.0 Å². The van der Waals surface area contributed by atoms with Gasteiger partial charge < -0.3 is 5.32 Å². The molecule has 2 heterocycles. The van der Waals surface area contributed by atoms with Crippen molar-refractivity contribution < 1.29 is 8.42 Å². The zero-order valence-electron chi connectivity index (χ0n) is 10.3. The minimum atomic E-state index is -3.19. The number of fused-ring (bicyclic) bond motifs is 1. The zero-order chi connectivity index (χ0) is 12.6. The number of nitrogens with zero attached hydrogens (tertiary/aromatic N) is 1. The van der Waals surface area contributed by atoms with Crippen LogP contribution in [0, 0.1) is 0 Å². The third kappa shape index (κ3) is 2.12. The molecule has 1 atom stereocenters. The number of anilines is 1. The fourth-order valence-corrected chi connectivity index (χ4v) is 4.66. The van der Waals surface area contributed by atoms with Crippen LogP contribution in [0.25, 0.3) is 0 Å². The van der Waals surface area contributed by atoms with Crippen molar-refractivity contribution in [3.63, 3.8) is 0 Å². The molecular weight excluding hydrogens is 248 g/mol. The Balaban J connectivity index is 1.82. The normalized spacial score (nSPS) is 23.3. The lowest BCUT2D eigenvalue weighted by Crippen LogP contribution is -2.39. The fourth-order valence-electron chi connectivity index (χ4n) is 2.84.